The van der Waals surface area contributed by atoms with E-state index in [1.165, 1.54) is 0 Å². The molecular weight excluding hydrogens is 234 g/mol. The second-order valence-electron chi connectivity index (χ2n) is 6.06. The van der Waals surface area contributed by atoms with E-state index in [1.54, 1.807) is 7.11 Å². The smallest absolute Gasteiger partial charge is 0.410 e. The number of piperidine rings is 1. The lowest BCUT2D eigenvalue weighted by atomic mass is 9.92. The normalized spacial score (nSPS) is 32.2. The minimum Gasteiger partial charge on any atom is -0.444 e. The molecule has 2 bridgehead atoms. The maximum Gasteiger partial charge on any atom is 0.410 e. The Kier molecular flexibility index (Phi) is 3.82. The van der Waals surface area contributed by atoms with Gasteiger partial charge in [0.25, 0.3) is 0 Å². The van der Waals surface area contributed by atoms with Gasteiger partial charge in [-0.1, -0.05) is 0 Å². The molecule has 0 aromatic rings. The Labute approximate surface area is 108 Å². The van der Waals surface area contributed by atoms with Crippen molar-refractivity contribution >= 4 is 6.09 Å². The number of carbonyl (C=O) groups is 1. The summed E-state index contributed by atoms with van der Waals surface area (Å²) in [5.41, 5.74) is -0.454. The van der Waals surface area contributed by atoms with Gasteiger partial charge in [-0.15, -0.1) is 0 Å². The van der Waals surface area contributed by atoms with Crippen LogP contribution >= 0.6 is 0 Å². The number of hydrogen-bond acceptors (Lipinski definition) is 4. The lowest BCUT2D eigenvalue weighted by Crippen LogP contribution is -2.61. The van der Waals surface area contributed by atoms with Crippen molar-refractivity contribution in [3.8, 4) is 0 Å². The van der Waals surface area contributed by atoms with Gasteiger partial charge in [0.2, 0.25) is 0 Å². The maximum atomic E-state index is 12.2. The zero-order valence-electron chi connectivity index (χ0n) is 11.6. The molecule has 2 rings (SSSR count). The molecule has 5 nitrogen and oxygen atoms in total. The highest BCUT2D eigenvalue weighted by atomic mass is 16.6. The van der Waals surface area contributed by atoms with Crippen LogP contribution in [0.15, 0.2) is 0 Å². The van der Waals surface area contributed by atoms with E-state index in [-0.39, 0.29) is 24.3 Å². The Morgan fingerprint density at radius 2 is 1.78 bits per heavy atom. The fraction of sp³-hybridized carbons (Fsp3) is 0.923. The summed E-state index contributed by atoms with van der Waals surface area (Å²) in [4.78, 5) is 14.1. The monoisotopic (exact) mass is 257 g/mol. The number of nitrogens with zero attached hydrogens (tertiary/aromatic N) is 1. The van der Waals surface area contributed by atoms with Crippen LogP contribution in [0.2, 0.25) is 0 Å². The zero-order valence-corrected chi connectivity index (χ0v) is 11.6. The van der Waals surface area contributed by atoms with E-state index >= 15 is 0 Å². The first kappa shape index (κ1) is 13.6. The second-order valence-corrected chi connectivity index (χ2v) is 6.06. The molecule has 2 heterocycles. The molecule has 0 N–H and O–H groups in total. The predicted molar refractivity (Wildman–Crippen MR) is 66.5 cm³/mol. The van der Waals surface area contributed by atoms with Crippen LogP contribution in [0.5, 0.6) is 0 Å². The van der Waals surface area contributed by atoms with Gasteiger partial charge in [0.1, 0.15) is 5.60 Å². The molecule has 104 valence electrons. The quantitative estimate of drug-likeness (QED) is 0.718. The number of amides is 1. The SMILES string of the molecule is COC1CC2COCC(C1)N2C(=O)OC(C)(C)C. The standard InChI is InChI=1S/C13H23NO4/c1-13(2,3)18-12(15)14-9-5-11(16-4)6-10(14)8-17-7-9/h9-11H,5-8H2,1-4H3. The molecular formula is C13H23NO4. The minimum atomic E-state index is -0.454. The summed E-state index contributed by atoms with van der Waals surface area (Å²) < 4.78 is 16.4. The third-order valence-electron chi connectivity index (χ3n) is 3.41. The number of carbonyl (C=O) groups excluding carboxylic acids is 1. The molecule has 0 aromatic carbocycles. The summed E-state index contributed by atoms with van der Waals surface area (Å²) in [6, 6.07) is 0.162. The van der Waals surface area contributed by atoms with E-state index in [2.05, 4.69) is 0 Å². The van der Waals surface area contributed by atoms with E-state index < -0.39 is 5.60 Å². The molecule has 0 spiro atoms. The lowest BCUT2D eigenvalue weighted by Gasteiger charge is -2.47. The summed E-state index contributed by atoms with van der Waals surface area (Å²) in [6.45, 7) is 6.82. The zero-order chi connectivity index (χ0) is 13.3. The summed E-state index contributed by atoms with van der Waals surface area (Å²) in [7, 11) is 1.73. The van der Waals surface area contributed by atoms with Crippen LogP contribution in [0.4, 0.5) is 4.79 Å². The third kappa shape index (κ3) is 2.95. The van der Waals surface area contributed by atoms with Crippen molar-refractivity contribution in [2.45, 2.75) is 57.4 Å². The van der Waals surface area contributed by atoms with Gasteiger partial charge in [0.15, 0.2) is 0 Å². The summed E-state index contributed by atoms with van der Waals surface area (Å²) in [6.07, 6.45) is 1.65. The summed E-state index contributed by atoms with van der Waals surface area (Å²) in [5, 5.41) is 0. The molecule has 1 amide bonds. The average molecular weight is 257 g/mol. The average Bonchev–Trinajstić information content (AvgIpc) is 2.24. The Morgan fingerprint density at radius 3 is 2.22 bits per heavy atom. The van der Waals surface area contributed by atoms with Crippen LogP contribution in [0.3, 0.4) is 0 Å². The number of ether oxygens (including phenoxy) is 3. The highest BCUT2D eigenvalue weighted by Gasteiger charge is 2.43. The Balaban J connectivity index is 2.06. The Hall–Kier alpha value is -0.810. The number of fused-ring (bicyclic) bond motifs is 2. The van der Waals surface area contributed by atoms with Crippen molar-refractivity contribution < 1.29 is 19.0 Å². The van der Waals surface area contributed by atoms with Gasteiger partial charge in [-0.25, -0.2) is 4.79 Å². The largest absolute Gasteiger partial charge is 0.444 e. The number of methoxy groups -OCH3 is 1. The highest BCUT2D eigenvalue weighted by molar-refractivity contribution is 5.69. The topological polar surface area (TPSA) is 48.0 Å². The van der Waals surface area contributed by atoms with E-state index in [0.29, 0.717) is 13.2 Å². The van der Waals surface area contributed by atoms with Crippen molar-refractivity contribution in [3.05, 3.63) is 0 Å². The fourth-order valence-electron chi connectivity index (χ4n) is 2.67. The highest BCUT2D eigenvalue weighted by Crippen LogP contribution is 2.30. The number of hydrogen-bond donors (Lipinski definition) is 0. The number of rotatable bonds is 1. The lowest BCUT2D eigenvalue weighted by molar-refractivity contribution is -0.110. The summed E-state index contributed by atoms with van der Waals surface area (Å²) >= 11 is 0. The van der Waals surface area contributed by atoms with Crippen LogP contribution in [-0.2, 0) is 14.2 Å². The predicted octanol–water partition coefficient (Wildman–Crippen LogP) is 1.80. The fourth-order valence-corrected chi connectivity index (χ4v) is 2.67. The van der Waals surface area contributed by atoms with Crippen molar-refractivity contribution in [2.24, 2.45) is 0 Å². The van der Waals surface area contributed by atoms with Gasteiger partial charge >= 0.3 is 6.09 Å². The molecule has 2 fully saturated rings. The molecule has 0 aliphatic carbocycles. The molecule has 2 aliphatic rings. The molecule has 18 heavy (non-hydrogen) atoms. The van der Waals surface area contributed by atoms with Crippen LogP contribution in [0.1, 0.15) is 33.6 Å². The number of morpholine rings is 1. The van der Waals surface area contributed by atoms with Gasteiger partial charge in [-0.05, 0) is 33.6 Å². The van der Waals surface area contributed by atoms with Crippen molar-refractivity contribution in [2.75, 3.05) is 20.3 Å². The molecule has 0 aromatic heterocycles. The van der Waals surface area contributed by atoms with Gasteiger partial charge in [0, 0.05) is 7.11 Å². The van der Waals surface area contributed by atoms with Gasteiger partial charge in [-0.3, -0.25) is 4.90 Å². The molecule has 0 radical (unpaired) electrons. The summed E-state index contributed by atoms with van der Waals surface area (Å²) in [5.74, 6) is 0. The molecule has 2 aliphatic heterocycles. The second kappa shape index (κ2) is 5.05. The van der Waals surface area contributed by atoms with Crippen molar-refractivity contribution in [1.82, 2.24) is 4.90 Å². The van der Waals surface area contributed by atoms with E-state index in [4.69, 9.17) is 14.2 Å². The Bertz CT molecular complexity index is 299. The van der Waals surface area contributed by atoms with E-state index in [9.17, 15) is 4.79 Å². The van der Waals surface area contributed by atoms with Crippen molar-refractivity contribution in [3.63, 3.8) is 0 Å². The van der Waals surface area contributed by atoms with Crippen LogP contribution < -0.4 is 0 Å². The molecule has 2 unspecified atom stereocenters. The van der Waals surface area contributed by atoms with Crippen LogP contribution in [0, 0.1) is 0 Å². The Morgan fingerprint density at radius 1 is 1.22 bits per heavy atom. The van der Waals surface area contributed by atoms with E-state index in [0.717, 1.165) is 12.8 Å². The molecule has 2 atom stereocenters. The first-order valence-electron chi connectivity index (χ1n) is 6.52. The first-order valence-corrected chi connectivity index (χ1v) is 6.52. The first-order chi connectivity index (χ1) is 8.40. The molecule has 5 heteroatoms. The third-order valence-corrected chi connectivity index (χ3v) is 3.41. The van der Waals surface area contributed by atoms with Gasteiger partial charge in [0.05, 0.1) is 31.4 Å². The maximum absolute atomic E-state index is 12.2. The van der Waals surface area contributed by atoms with Crippen LogP contribution in [-0.4, -0.2) is 55.1 Å². The molecule has 0 saturated carbocycles. The van der Waals surface area contributed by atoms with Gasteiger partial charge < -0.3 is 14.2 Å². The molecule has 2 saturated heterocycles. The minimum absolute atomic E-state index is 0.0808. The van der Waals surface area contributed by atoms with Crippen molar-refractivity contribution in [1.29, 1.82) is 0 Å². The van der Waals surface area contributed by atoms with E-state index in [1.807, 2.05) is 25.7 Å². The van der Waals surface area contributed by atoms with Gasteiger partial charge in [-0.2, -0.15) is 0 Å². The van der Waals surface area contributed by atoms with Crippen LogP contribution in [0.25, 0.3) is 0 Å².